The Morgan fingerprint density at radius 3 is 2.21 bits per heavy atom. The molecule has 0 saturated carbocycles. The van der Waals surface area contributed by atoms with Gasteiger partial charge in [-0.1, -0.05) is 65.9 Å². The number of nitrogens with zero attached hydrogens (tertiary/aromatic N) is 3. The van der Waals surface area contributed by atoms with Crippen LogP contribution in [0.3, 0.4) is 0 Å². The van der Waals surface area contributed by atoms with E-state index >= 15 is 0 Å². The molecule has 29 heavy (non-hydrogen) atoms. The highest BCUT2D eigenvalue weighted by Gasteiger charge is 2.17. The van der Waals surface area contributed by atoms with Crippen LogP contribution in [-0.4, -0.2) is 14.8 Å². The van der Waals surface area contributed by atoms with Crippen molar-refractivity contribution in [2.24, 2.45) is 0 Å². The second-order valence-electron chi connectivity index (χ2n) is 6.72. The van der Waals surface area contributed by atoms with Crippen molar-refractivity contribution in [3.63, 3.8) is 0 Å². The zero-order valence-electron chi connectivity index (χ0n) is 15.8. The van der Waals surface area contributed by atoms with E-state index in [-0.39, 0.29) is 11.3 Å². The van der Waals surface area contributed by atoms with Crippen molar-refractivity contribution < 1.29 is 8.78 Å². The highest BCUT2D eigenvalue weighted by atomic mass is 32.2. The minimum Gasteiger partial charge on any atom is -0.274 e. The van der Waals surface area contributed by atoms with E-state index in [0.717, 1.165) is 22.6 Å². The number of halogens is 2. The second-order valence-corrected chi connectivity index (χ2v) is 7.66. The fraction of sp³-hybridized carbons (Fsp3) is 0.130. The molecule has 146 valence electrons. The summed E-state index contributed by atoms with van der Waals surface area (Å²) in [6.07, 6.45) is 0.607. The van der Waals surface area contributed by atoms with Crippen molar-refractivity contribution >= 4 is 11.8 Å². The van der Waals surface area contributed by atoms with Gasteiger partial charge in [0.1, 0.15) is 17.5 Å². The van der Waals surface area contributed by atoms with Gasteiger partial charge in [0.05, 0.1) is 0 Å². The molecule has 4 rings (SSSR count). The lowest BCUT2D eigenvalue weighted by Gasteiger charge is -2.11. The minimum atomic E-state index is -0.552. The number of rotatable bonds is 6. The molecule has 0 unspecified atom stereocenters. The van der Waals surface area contributed by atoms with Crippen LogP contribution in [0.25, 0.3) is 5.69 Å². The van der Waals surface area contributed by atoms with Gasteiger partial charge in [-0.05, 0) is 36.8 Å². The molecule has 3 aromatic carbocycles. The van der Waals surface area contributed by atoms with Gasteiger partial charge in [0.15, 0.2) is 5.16 Å². The molecule has 0 bridgehead atoms. The summed E-state index contributed by atoms with van der Waals surface area (Å²) >= 11 is 1.27. The van der Waals surface area contributed by atoms with Gasteiger partial charge in [0, 0.05) is 23.4 Å². The molecule has 0 aliphatic rings. The van der Waals surface area contributed by atoms with Crippen LogP contribution in [0.4, 0.5) is 8.78 Å². The third-order valence-electron chi connectivity index (χ3n) is 4.60. The molecule has 0 amide bonds. The van der Waals surface area contributed by atoms with Gasteiger partial charge in [-0.15, -0.1) is 10.2 Å². The Bertz CT molecular complexity index is 1090. The van der Waals surface area contributed by atoms with E-state index in [1.165, 1.54) is 30.0 Å². The molecule has 0 fully saturated rings. The van der Waals surface area contributed by atoms with Gasteiger partial charge >= 0.3 is 0 Å². The fourth-order valence-electron chi connectivity index (χ4n) is 3.05. The van der Waals surface area contributed by atoms with Crippen LogP contribution >= 0.6 is 11.8 Å². The van der Waals surface area contributed by atoms with Gasteiger partial charge in [0.25, 0.3) is 0 Å². The average molecular weight is 407 g/mol. The molecule has 6 heteroatoms. The molecule has 4 aromatic rings. The molecule has 1 aromatic heterocycles. The third kappa shape index (κ3) is 4.38. The van der Waals surface area contributed by atoms with Crippen molar-refractivity contribution in [3.8, 4) is 5.69 Å². The lowest BCUT2D eigenvalue weighted by molar-refractivity contribution is 0.566. The first-order chi connectivity index (χ1) is 14.1. The Morgan fingerprint density at radius 1 is 0.828 bits per heavy atom. The molecule has 0 aliphatic heterocycles. The SMILES string of the molecule is Cc1ccc(-n2c(Cc3ccccc3)nnc2SCc2c(F)cccc2F)cc1. The Morgan fingerprint density at radius 2 is 1.52 bits per heavy atom. The predicted octanol–water partition coefficient (Wildman–Crippen LogP) is 5.74. The summed E-state index contributed by atoms with van der Waals surface area (Å²) in [5, 5.41) is 9.29. The van der Waals surface area contributed by atoms with E-state index in [4.69, 9.17) is 0 Å². The van der Waals surface area contributed by atoms with Crippen molar-refractivity contribution in [2.75, 3.05) is 0 Å². The average Bonchev–Trinajstić information content (AvgIpc) is 3.11. The molecular weight excluding hydrogens is 388 g/mol. The zero-order chi connectivity index (χ0) is 20.2. The summed E-state index contributed by atoms with van der Waals surface area (Å²) in [6, 6.07) is 22.0. The Kier molecular flexibility index (Phi) is 5.71. The monoisotopic (exact) mass is 407 g/mol. The number of hydrogen-bond acceptors (Lipinski definition) is 3. The lowest BCUT2D eigenvalue weighted by atomic mass is 10.1. The number of hydrogen-bond donors (Lipinski definition) is 0. The minimum absolute atomic E-state index is 0.0422. The van der Waals surface area contributed by atoms with Crippen LogP contribution in [0.1, 0.15) is 22.5 Å². The first-order valence-corrected chi connectivity index (χ1v) is 10.2. The smallest absolute Gasteiger partial charge is 0.196 e. The van der Waals surface area contributed by atoms with Gasteiger partial charge < -0.3 is 0 Å². The molecule has 0 radical (unpaired) electrons. The third-order valence-corrected chi connectivity index (χ3v) is 5.56. The van der Waals surface area contributed by atoms with E-state index in [1.54, 1.807) is 0 Å². The second kappa shape index (κ2) is 8.57. The predicted molar refractivity (Wildman–Crippen MR) is 111 cm³/mol. The number of aryl methyl sites for hydroxylation is 1. The molecular formula is C23H19F2N3S. The summed E-state index contributed by atoms with van der Waals surface area (Å²) in [6.45, 7) is 2.03. The zero-order valence-corrected chi connectivity index (χ0v) is 16.7. The highest BCUT2D eigenvalue weighted by Crippen LogP contribution is 2.28. The van der Waals surface area contributed by atoms with Crippen LogP contribution in [0.2, 0.25) is 0 Å². The molecule has 1 heterocycles. The first kappa shape index (κ1) is 19.3. The van der Waals surface area contributed by atoms with E-state index in [9.17, 15) is 8.78 Å². The van der Waals surface area contributed by atoms with Gasteiger partial charge in [0.2, 0.25) is 0 Å². The Labute approximate surface area is 172 Å². The van der Waals surface area contributed by atoms with E-state index < -0.39 is 11.6 Å². The topological polar surface area (TPSA) is 30.7 Å². The van der Waals surface area contributed by atoms with Crippen LogP contribution in [0.15, 0.2) is 78.0 Å². The summed E-state index contributed by atoms with van der Waals surface area (Å²) in [4.78, 5) is 0. The molecule has 0 aliphatic carbocycles. The Balaban J connectivity index is 1.68. The Hall–Kier alpha value is -2.99. The number of benzene rings is 3. The van der Waals surface area contributed by atoms with Gasteiger partial charge in [-0.3, -0.25) is 4.57 Å². The number of aromatic nitrogens is 3. The van der Waals surface area contributed by atoms with Crippen LogP contribution < -0.4 is 0 Å². The summed E-state index contributed by atoms with van der Waals surface area (Å²) in [7, 11) is 0. The molecule has 0 saturated heterocycles. The molecule has 3 nitrogen and oxygen atoms in total. The van der Waals surface area contributed by atoms with Crippen molar-refractivity contribution in [2.45, 2.75) is 24.3 Å². The van der Waals surface area contributed by atoms with E-state index in [1.807, 2.05) is 66.1 Å². The van der Waals surface area contributed by atoms with Crippen LogP contribution in [-0.2, 0) is 12.2 Å². The maximum absolute atomic E-state index is 14.0. The quantitative estimate of drug-likeness (QED) is 0.382. The van der Waals surface area contributed by atoms with Crippen LogP contribution in [0, 0.1) is 18.6 Å². The summed E-state index contributed by atoms with van der Waals surface area (Å²) in [5.41, 5.74) is 3.22. The largest absolute Gasteiger partial charge is 0.274 e. The maximum Gasteiger partial charge on any atom is 0.196 e. The molecule has 0 spiro atoms. The summed E-state index contributed by atoms with van der Waals surface area (Å²) in [5.74, 6) is -0.197. The van der Waals surface area contributed by atoms with E-state index in [0.29, 0.717) is 11.6 Å². The lowest BCUT2D eigenvalue weighted by Crippen LogP contribution is -2.04. The van der Waals surface area contributed by atoms with Crippen molar-refractivity contribution in [1.29, 1.82) is 0 Å². The highest BCUT2D eigenvalue weighted by molar-refractivity contribution is 7.98. The van der Waals surface area contributed by atoms with Crippen molar-refractivity contribution in [1.82, 2.24) is 14.8 Å². The van der Waals surface area contributed by atoms with Gasteiger partial charge in [-0.25, -0.2) is 8.78 Å². The maximum atomic E-state index is 14.0. The van der Waals surface area contributed by atoms with Crippen LogP contribution in [0.5, 0.6) is 0 Å². The van der Waals surface area contributed by atoms with Gasteiger partial charge in [-0.2, -0.15) is 0 Å². The van der Waals surface area contributed by atoms with E-state index in [2.05, 4.69) is 10.2 Å². The molecule has 0 N–H and O–H groups in total. The number of thioether (sulfide) groups is 1. The molecule has 0 atom stereocenters. The summed E-state index contributed by atoms with van der Waals surface area (Å²) < 4.78 is 30.0. The standard InChI is InChI=1S/C23H19F2N3S/c1-16-10-12-18(13-11-16)28-22(14-17-6-3-2-4-7-17)26-27-23(28)29-15-19-20(24)8-5-9-21(19)25/h2-13H,14-15H2,1H3. The normalized spacial score (nSPS) is 11.0. The first-order valence-electron chi connectivity index (χ1n) is 9.23. The van der Waals surface area contributed by atoms with Crippen molar-refractivity contribution in [3.05, 3.63) is 107 Å². The fourth-order valence-corrected chi connectivity index (χ4v) is 4.03.